The van der Waals surface area contributed by atoms with E-state index < -0.39 is 0 Å². The van der Waals surface area contributed by atoms with Crippen molar-refractivity contribution < 1.29 is 4.74 Å². The second-order valence-electron chi connectivity index (χ2n) is 5.59. The zero-order valence-electron chi connectivity index (χ0n) is 13.2. The third-order valence-corrected chi connectivity index (χ3v) is 3.02. The standard InChI is InChI=1S/C18H23NO.ClH/c1-14(2)20-17-10-7-9-15(12-17)18-11-6-5-8-16(18)13-19(3)4;/h5-12,14H,13H2,1-4H3;1H. The van der Waals surface area contributed by atoms with Gasteiger partial charge in [-0.15, -0.1) is 12.4 Å². The van der Waals surface area contributed by atoms with E-state index in [9.17, 15) is 0 Å². The Hall–Kier alpha value is -1.51. The lowest BCUT2D eigenvalue weighted by molar-refractivity contribution is 0.242. The minimum Gasteiger partial charge on any atom is -0.491 e. The average Bonchev–Trinajstić information content (AvgIpc) is 2.38. The monoisotopic (exact) mass is 305 g/mol. The van der Waals surface area contributed by atoms with Crippen molar-refractivity contribution in [3.63, 3.8) is 0 Å². The summed E-state index contributed by atoms with van der Waals surface area (Å²) in [5.74, 6) is 0.928. The second-order valence-corrected chi connectivity index (χ2v) is 5.59. The summed E-state index contributed by atoms with van der Waals surface area (Å²) < 4.78 is 5.79. The van der Waals surface area contributed by atoms with E-state index in [0.29, 0.717) is 0 Å². The van der Waals surface area contributed by atoms with Crippen LogP contribution in [0, 0.1) is 0 Å². The van der Waals surface area contributed by atoms with Gasteiger partial charge >= 0.3 is 0 Å². The zero-order valence-corrected chi connectivity index (χ0v) is 14.0. The van der Waals surface area contributed by atoms with Crippen LogP contribution < -0.4 is 4.74 Å². The molecule has 0 bridgehead atoms. The highest BCUT2D eigenvalue weighted by atomic mass is 35.5. The summed E-state index contributed by atoms with van der Waals surface area (Å²) in [6.45, 7) is 5.03. The van der Waals surface area contributed by atoms with Crippen molar-refractivity contribution in [1.29, 1.82) is 0 Å². The molecule has 0 radical (unpaired) electrons. The molecule has 0 atom stereocenters. The van der Waals surface area contributed by atoms with Gasteiger partial charge in [0.15, 0.2) is 0 Å². The number of halogens is 1. The summed E-state index contributed by atoms with van der Waals surface area (Å²) in [5.41, 5.74) is 3.82. The van der Waals surface area contributed by atoms with Gasteiger partial charge in [0, 0.05) is 6.54 Å². The molecule has 0 unspecified atom stereocenters. The van der Waals surface area contributed by atoms with Gasteiger partial charge in [-0.3, -0.25) is 0 Å². The summed E-state index contributed by atoms with van der Waals surface area (Å²) in [6, 6.07) is 16.9. The van der Waals surface area contributed by atoms with E-state index in [-0.39, 0.29) is 18.5 Å². The Morgan fingerprint density at radius 2 is 1.71 bits per heavy atom. The molecule has 21 heavy (non-hydrogen) atoms. The third-order valence-electron chi connectivity index (χ3n) is 3.02. The molecule has 0 aliphatic rings. The van der Waals surface area contributed by atoms with Crippen molar-refractivity contribution in [2.45, 2.75) is 26.5 Å². The maximum absolute atomic E-state index is 5.79. The molecule has 0 saturated carbocycles. The van der Waals surface area contributed by atoms with Crippen LogP contribution in [0.1, 0.15) is 19.4 Å². The molecule has 0 aliphatic carbocycles. The summed E-state index contributed by atoms with van der Waals surface area (Å²) in [7, 11) is 4.18. The predicted octanol–water partition coefficient (Wildman–Crippen LogP) is 4.62. The molecule has 2 aromatic carbocycles. The van der Waals surface area contributed by atoms with Crippen LogP contribution in [0.15, 0.2) is 48.5 Å². The molecule has 2 aromatic rings. The molecule has 0 aromatic heterocycles. The van der Waals surface area contributed by atoms with Crippen molar-refractivity contribution in [3.05, 3.63) is 54.1 Å². The maximum atomic E-state index is 5.79. The molecule has 2 rings (SSSR count). The van der Waals surface area contributed by atoms with E-state index in [1.54, 1.807) is 0 Å². The largest absolute Gasteiger partial charge is 0.491 e. The van der Waals surface area contributed by atoms with E-state index in [1.165, 1.54) is 16.7 Å². The normalized spacial score (nSPS) is 10.6. The van der Waals surface area contributed by atoms with Crippen molar-refractivity contribution in [1.82, 2.24) is 4.90 Å². The highest BCUT2D eigenvalue weighted by molar-refractivity contribution is 5.85. The van der Waals surface area contributed by atoms with Crippen LogP contribution in [0.3, 0.4) is 0 Å². The lowest BCUT2D eigenvalue weighted by Gasteiger charge is -2.15. The van der Waals surface area contributed by atoms with E-state index >= 15 is 0 Å². The van der Waals surface area contributed by atoms with Crippen LogP contribution in [0.2, 0.25) is 0 Å². The Morgan fingerprint density at radius 3 is 2.38 bits per heavy atom. The molecule has 2 nitrogen and oxygen atoms in total. The average molecular weight is 306 g/mol. The van der Waals surface area contributed by atoms with Gasteiger partial charge in [0.2, 0.25) is 0 Å². The first-order chi connectivity index (χ1) is 9.56. The first kappa shape index (κ1) is 17.5. The van der Waals surface area contributed by atoms with Gasteiger partial charge in [-0.25, -0.2) is 0 Å². The van der Waals surface area contributed by atoms with Gasteiger partial charge in [0.05, 0.1) is 6.10 Å². The minimum absolute atomic E-state index is 0. The maximum Gasteiger partial charge on any atom is 0.120 e. The van der Waals surface area contributed by atoms with Gasteiger partial charge in [-0.05, 0) is 56.8 Å². The Balaban J connectivity index is 0.00000220. The lowest BCUT2D eigenvalue weighted by atomic mass is 9.99. The number of ether oxygens (including phenoxy) is 1. The molecule has 3 heteroatoms. The van der Waals surface area contributed by atoms with Crippen LogP contribution in [-0.4, -0.2) is 25.1 Å². The van der Waals surface area contributed by atoms with Crippen LogP contribution in [0.5, 0.6) is 5.75 Å². The van der Waals surface area contributed by atoms with Crippen LogP contribution in [-0.2, 0) is 6.54 Å². The minimum atomic E-state index is 0. The van der Waals surface area contributed by atoms with Gasteiger partial charge in [-0.2, -0.15) is 0 Å². The molecule has 0 fully saturated rings. The first-order valence-electron chi connectivity index (χ1n) is 7.06. The quantitative estimate of drug-likeness (QED) is 0.799. The molecule has 0 heterocycles. The molecule has 0 aliphatic heterocycles. The van der Waals surface area contributed by atoms with Crippen molar-refractivity contribution in [3.8, 4) is 16.9 Å². The Morgan fingerprint density at radius 1 is 1.00 bits per heavy atom. The Bertz CT molecular complexity index is 567. The zero-order chi connectivity index (χ0) is 14.5. The van der Waals surface area contributed by atoms with Gasteiger partial charge in [0.25, 0.3) is 0 Å². The molecule has 0 amide bonds. The fourth-order valence-electron chi connectivity index (χ4n) is 2.29. The molecule has 0 saturated heterocycles. The van der Waals surface area contributed by atoms with Gasteiger partial charge < -0.3 is 9.64 Å². The lowest BCUT2D eigenvalue weighted by Crippen LogP contribution is -2.11. The van der Waals surface area contributed by atoms with Crippen molar-refractivity contribution in [2.75, 3.05) is 14.1 Å². The van der Waals surface area contributed by atoms with Crippen LogP contribution >= 0.6 is 12.4 Å². The summed E-state index contributed by atoms with van der Waals surface area (Å²) >= 11 is 0. The van der Waals surface area contributed by atoms with E-state index in [1.807, 2.05) is 19.9 Å². The highest BCUT2D eigenvalue weighted by Gasteiger charge is 2.07. The molecular formula is C18H24ClNO. The summed E-state index contributed by atoms with van der Waals surface area (Å²) in [6.07, 6.45) is 0.197. The number of benzene rings is 2. The smallest absolute Gasteiger partial charge is 0.120 e. The third kappa shape index (κ3) is 5.07. The van der Waals surface area contributed by atoms with Crippen molar-refractivity contribution in [2.24, 2.45) is 0 Å². The second kappa shape index (κ2) is 8.06. The van der Waals surface area contributed by atoms with Gasteiger partial charge in [0.1, 0.15) is 5.75 Å². The fraction of sp³-hybridized carbons (Fsp3) is 0.333. The number of hydrogen-bond acceptors (Lipinski definition) is 2. The topological polar surface area (TPSA) is 12.5 Å². The van der Waals surface area contributed by atoms with E-state index in [4.69, 9.17) is 4.74 Å². The van der Waals surface area contributed by atoms with Crippen molar-refractivity contribution >= 4 is 12.4 Å². The number of rotatable bonds is 5. The van der Waals surface area contributed by atoms with E-state index in [2.05, 4.69) is 61.5 Å². The Labute approximate surface area is 134 Å². The molecular weight excluding hydrogens is 282 g/mol. The fourth-order valence-corrected chi connectivity index (χ4v) is 2.29. The molecule has 114 valence electrons. The summed E-state index contributed by atoms with van der Waals surface area (Å²) in [4.78, 5) is 2.19. The predicted molar refractivity (Wildman–Crippen MR) is 92.3 cm³/mol. The molecule has 0 spiro atoms. The number of nitrogens with zero attached hydrogens (tertiary/aromatic N) is 1. The van der Waals surface area contributed by atoms with Crippen LogP contribution in [0.25, 0.3) is 11.1 Å². The van der Waals surface area contributed by atoms with Crippen LogP contribution in [0.4, 0.5) is 0 Å². The first-order valence-corrected chi connectivity index (χ1v) is 7.06. The SMILES string of the molecule is CC(C)Oc1cccc(-c2ccccc2CN(C)C)c1.Cl. The summed E-state index contributed by atoms with van der Waals surface area (Å²) in [5, 5.41) is 0. The highest BCUT2D eigenvalue weighted by Crippen LogP contribution is 2.28. The Kier molecular flexibility index (Phi) is 6.73. The van der Waals surface area contributed by atoms with E-state index in [0.717, 1.165) is 12.3 Å². The van der Waals surface area contributed by atoms with Gasteiger partial charge in [-0.1, -0.05) is 36.4 Å². The number of hydrogen-bond donors (Lipinski definition) is 0. The molecule has 0 N–H and O–H groups in total.